The number of hydrogen-bond acceptors (Lipinski definition) is 8. The van der Waals surface area contributed by atoms with Crippen molar-refractivity contribution in [1.29, 1.82) is 0 Å². The van der Waals surface area contributed by atoms with Gasteiger partial charge in [0.05, 0.1) is 39.0 Å². The number of carbonyl (C=O) groups is 2. The average Bonchev–Trinajstić information content (AvgIpc) is 3.03. The Hall–Kier alpha value is -3.87. The zero-order valence-corrected chi connectivity index (χ0v) is 27.5. The Bertz CT molecular complexity index is 1600. The van der Waals surface area contributed by atoms with Crippen LogP contribution in [0, 0.1) is 0 Å². The summed E-state index contributed by atoms with van der Waals surface area (Å²) in [5, 5.41) is 3.26. The summed E-state index contributed by atoms with van der Waals surface area (Å²) in [6.07, 6.45) is 0.238. The number of amides is 2. The number of likely N-dealkylation sites (N-methyl/N-ethyl adjacent to an activating group) is 1. The van der Waals surface area contributed by atoms with Gasteiger partial charge in [-0.1, -0.05) is 36.2 Å². The molecule has 0 aromatic heterocycles. The fourth-order valence-electron chi connectivity index (χ4n) is 4.53. The Kier molecular flexibility index (Phi) is 12.0. The van der Waals surface area contributed by atoms with Crippen LogP contribution in [-0.4, -0.2) is 73.2 Å². The molecule has 2 amide bonds. The number of hydrogen-bond donors (Lipinski definition) is 1. The first-order valence-electron chi connectivity index (χ1n) is 13.4. The molecule has 238 valence electrons. The molecule has 0 aliphatic carbocycles. The second kappa shape index (κ2) is 15.2. The first kappa shape index (κ1) is 34.6. The lowest BCUT2D eigenvalue weighted by molar-refractivity contribution is -0.140. The normalized spacial score (nSPS) is 11.7. The van der Waals surface area contributed by atoms with Gasteiger partial charge in [-0.15, -0.1) is 0 Å². The number of nitrogens with zero attached hydrogens (tertiary/aromatic N) is 2. The molecule has 0 aliphatic rings. The van der Waals surface area contributed by atoms with Gasteiger partial charge in [0, 0.05) is 35.8 Å². The number of carbonyl (C=O) groups excluding carboxylic acids is 2. The third kappa shape index (κ3) is 7.61. The summed E-state index contributed by atoms with van der Waals surface area (Å²) in [6.45, 7) is 0.937. The van der Waals surface area contributed by atoms with Gasteiger partial charge >= 0.3 is 0 Å². The number of nitrogens with one attached hydrogen (secondary N) is 1. The zero-order valence-electron chi connectivity index (χ0n) is 25.2. The maximum absolute atomic E-state index is 14.4. The molecule has 1 atom stereocenters. The van der Waals surface area contributed by atoms with Crippen LogP contribution in [0.5, 0.6) is 23.0 Å². The van der Waals surface area contributed by atoms with E-state index in [-0.39, 0.29) is 40.1 Å². The van der Waals surface area contributed by atoms with Gasteiger partial charge < -0.3 is 29.2 Å². The number of anilines is 1. The van der Waals surface area contributed by atoms with Crippen LogP contribution in [0.1, 0.15) is 18.9 Å². The molecule has 11 nitrogen and oxygen atoms in total. The number of benzene rings is 3. The van der Waals surface area contributed by atoms with Gasteiger partial charge in [-0.25, -0.2) is 8.42 Å². The predicted octanol–water partition coefficient (Wildman–Crippen LogP) is 4.78. The second-order valence-corrected chi connectivity index (χ2v) is 12.1. The van der Waals surface area contributed by atoms with E-state index in [0.717, 1.165) is 4.31 Å². The standard InChI is InChI=1S/C30H35Cl2N3O8S/c1-7-24(30(37)33-2)34(17-19-8-9-20(31)14-23(19)32)29(36)18-35(25-15-21(40-3)10-12-26(25)41-4)44(38,39)22-11-13-27(42-5)28(16-22)43-6/h8-16,24H,7,17-18H2,1-6H3,(H,33,37). The Balaban J connectivity index is 2.21. The average molecular weight is 669 g/mol. The lowest BCUT2D eigenvalue weighted by Crippen LogP contribution is -2.51. The Labute approximate surface area is 267 Å². The van der Waals surface area contributed by atoms with Crippen molar-refractivity contribution in [2.75, 3.05) is 46.3 Å². The van der Waals surface area contributed by atoms with E-state index < -0.39 is 34.4 Å². The third-order valence-electron chi connectivity index (χ3n) is 6.86. The number of halogens is 2. The largest absolute Gasteiger partial charge is 0.497 e. The minimum Gasteiger partial charge on any atom is -0.497 e. The van der Waals surface area contributed by atoms with Crippen LogP contribution in [0.25, 0.3) is 0 Å². The second-order valence-electron chi connectivity index (χ2n) is 9.36. The minimum atomic E-state index is -4.47. The highest BCUT2D eigenvalue weighted by Crippen LogP contribution is 2.38. The van der Waals surface area contributed by atoms with Crippen LogP contribution in [0.3, 0.4) is 0 Å². The van der Waals surface area contributed by atoms with Gasteiger partial charge in [0.2, 0.25) is 11.8 Å². The number of rotatable bonds is 14. The first-order chi connectivity index (χ1) is 20.9. The quantitative estimate of drug-likeness (QED) is 0.261. The van der Waals surface area contributed by atoms with E-state index in [1.54, 1.807) is 25.1 Å². The highest BCUT2D eigenvalue weighted by molar-refractivity contribution is 7.92. The fraction of sp³-hybridized carbons (Fsp3) is 0.333. The van der Waals surface area contributed by atoms with Gasteiger partial charge in [0.1, 0.15) is 24.1 Å². The van der Waals surface area contributed by atoms with Crippen LogP contribution in [0.15, 0.2) is 59.5 Å². The summed E-state index contributed by atoms with van der Waals surface area (Å²) in [7, 11) is 2.59. The summed E-state index contributed by atoms with van der Waals surface area (Å²) in [5.41, 5.74) is 0.549. The Morgan fingerprint density at radius 1 is 0.864 bits per heavy atom. The molecule has 3 rings (SSSR count). The molecule has 0 saturated carbocycles. The van der Waals surface area contributed by atoms with Crippen molar-refractivity contribution >= 4 is 50.7 Å². The maximum Gasteiger partial charge on any atom is 0.265 e. The topological polar surface area (TPSA) is 124 Å². The number of sulfonamides is 1. The SMILES string of the molecule is CCC(C(=O)NC)N(Cc1ccc(Cl)cc1Cl)C(=O)CN(c1cc(OC)ccc1OC)S(=O)(=O)c1ccc(OC)c(OC)c1. The summed E-state index contributed by atoms with van der Waals surface area (Å²) in [6, 6.07) is 12.5. The van der Waals surface area contributed by atoms with Gasteiger partial charge in [-0.3, -0.25) is 13.9 Å². The van der Waals surface area contributed by atoms with Crippen molar-refractivity contribution in [3.8, 4) is 23.0 Å². The molecule has 0 spiro atoms. The van der Waals surface area contributed by atoms with Gasteiger partial charge in [-0.05, 0) is 48.4 Å². The van der Waals surface area contributed by atoms with Crippen LogP contribution >= 0.6 is 23.2 Å². The summed E-state index contributed by atoms with van der Waals surface area (Å²) in [5.74, 6) is -0.146. The van der Waals surface area contributed by atoms with Crippen molar-refractivity contribution in [2.24, 2.45) is 0 Å². The van der Waals surface area contributed by atoms with Gasteiger partial charge in [0.15, 0.2) is 11.5 Å². The third-order valence-corrected chi connectivity index (χ3v) is 9.21. The molecule has 44 heavy (non-hydrogen) atoms. The molecule has 14 heteroatoms. The monoisotopic (exact) mass is 667 g/mol. The van der Waals surface area contributed by atoms with E-state index in [4.69, 9.17) is 42.1 Å². The Morgan fingerprint density at radius 3 is 2.09 bits per heavy atom. The van der Waals surface area contributed by atoms with Crippen molar-refractivity contribution in [3.63, 3.8) is 0 Å². The fourth-order valence-corrected chi connectivity index (χ4v) is 6.43. The van der Waals surface area contributed by atoms with Crippen molar-refractivity contribution in [1.82, 2.24) is 10.2 Å². The van der Waals surface area contributed by atoms with E-state index >= 15 is 0 Å². The lowest BCUT2D eigenvalue weighted by atomic mass is 10.1. The van der Waals surface area contributed by atoms with E-state index in [0.29, 0.717) is 22.1 Å². The molecule has 0 heterocycles. The smallest absolute Gasteiger partial charge is 0.265 e. The number of ether oxygens (including phenoxy) is 4. The molecule has 0 aliphatic heterocycles. The highest BCUT2D eigenvalue weighted by atomic mass is 35.5. The maximum atomic E-state index is 14.4. The lowest BCUT2D eigenvalue weighted by Gasteiger charge is -2.33. The van der Waals surface area contributed by atoms with Crippen LogP contribution in [-0.2, 0) is 26.2 Å². The zero-order chi connectivity index (χ0) is 32.6. The molecule has 1 unspecified atom stereocenters. The molecule has 0 fully saturated rings. The predicted molar refractivity (Wildman–Crippen MR) is 169 cm³/mol. The van der Waals surface area contributed by atoms with Crippen molar-refractivity contribution in [3.05, 3.63) is 70.2 Å². The summed E-state index contributed by atoms with van der Waals surface area (Å²) < 4.78 is 51.1. The van der Waals surface area contributed by atoms with E-state index in [9.17, 15) is 18.0 Å². The van der Waals surface area contributed by atoms with Crippen LogP contribution in [0.2, 0.25) is 10.0 Å². The van der Waals surface area contributed by atoms with Gasteiger partial charge in [0.25, 0.3) is 10.0 Å². The van der Waals surface area contributed by atoms with Crippen molar-refractivity contribution < 1.29 is 37.0 Å². The molecular weight excluding hydrogens is 633 g/mol. The Morgan fingerprint density at radius 2 is 1.52 bits per heavy atom. The van der Waals surface area contributed by atoms with E-state index in [1.807, 2.05) is 0 Å². The molecule has 3 aromatic carbocycles. The molecule has 0 saturated heterocycles. The summed E-state index contributed by atoms with van der Waals surface area (Å²) >= 11 is 12.5. The van der Waals surface area contributed by atoms with E-state index in [1.165, 1.54) is 76.8 Å². The van der Waals surface area contributed by atoms with Crippen molar-refractivity contribution in [2.45, 2.75) is 30.8 Å². The molecule has 3 aromatic rings. The minimum absolute atomic E-state index is 0.0347. The number of methoxy groups -OCH3 is 4. The molecule has 0 bridgehead atoms. The molecule has 1 N–H and O–H groups in total. The first-order valence-corrected chi connectivity index (χ1v) is 15.6. The van der Waals surface area contributed by atoms with Crippen LogP contribution < -0.4 is 28.6 Å². The summed E-state index contributed by atoms with van der Waals surface area (Å²) in [4.78, 5) is 28.3. The van der Waals surface area contributed by atoms with Gasteiger partial charge in [-0.2, -0.15) is 0 Å². The van der Waals surface area contributed by atoms with Crippen LogP contribution in [0.4, 0.5) is 5.69 Å². The highest BCUT2D eigenvalue weighted by Gasteiger charge is 2.35. The molecule has 0 radical (unpaired) electrons. The molecular formula is C30H35Cl2N3O8S. The van der Waals surface area contributed by atoms with E-state index in [2.05, 4.69) is 5.32 Å².